The number of imidazole rings is 1. The first-order chi connectivity index (χ1) is 11.3. The summed E-state index contributed by atoms with van der Waals surface area (Å²) in [4.78, 5) is 27.8. The van der Waals surface area contributed by atoms with Crippen LogP contribution in [0.3, 0.4) is 0 Å². The van der Waals surface area contributed by atoms with Gasteiger partial charge in [0.25, 0.3) is 5.91 Å². The number of aliphatic hydroxyl groups is 1. The SMILES string of the molecule is C=C(NC(=O)c1ncn([C@H]2CC3[C@@H](O)[C@H]3O2)c1N)NC(=O)C(C)C. The molecule has 0 aromatic carbocycles. The number of anilines is 1. The lowest BCUT2D eigenvalue weighted by molar-refractivity contribution is -0.123. The van der Waals surface area contributed by atoms with Crippen LogP contribution in [0.4, 0.5) is 5.82 Å². The third-order valence-electron chi connectivity index (χ3n) is 4.26. The Balaban J connectivity index is 1.62. The van der Waals surface area contributed by atoms with E-state index in [0.29, 0.717) is 6.42 Å². The molecule has 9 nitrogen and oxygen atoms in total. The smallest absolute Gasteiger partial charge is 0.279 e. The number of nitrogens with two attached hydrogens (primary N) is 1. The Labute approximate surface area is 138 Å². The van der Waals surface area contributed by atoms with Crippen molar-refractivity contribution in [2.24, 2.45) is 11.8 Å². The fraction of sp³-hybridized carbons (Fsp3) is 0.533. The number of hydrogen-bond donors (Lipinski definition) is 4. The summed E-state index contributed by atoms with van der Waals surface area (Å²) in [5.74, 6) is -0.700. The van der Waals surface area contributed by atoms with E-state index in [0.717, 1.165) is 0 Å². The van der Waals surface area contributed by atoms with Gasteiger partial charge in [-0.05, 0) is 0 Å². The van der Waals surface area contributed by atoms with Crippen LogP contribution in [0.1, 0.15) is 37.0 Å². The number of amides is 2. The van der Waals surface area contributed by atoms with Crippen molar-refractivity contribution in [3.63, 3.8) is 0 Å². The first-order valence-corrected chi connectivity index (χ1v) is 7.76. The second kappa shape index (κ2) is 5.91. The van der Waals surface area contributed by atoms with Crippen LogP contribution in [0.2, 0.25) is 0 Å². The molecule has 1 saturated carbocycles. The van der Waals surface area contributed by atoms with Gasteiger partial charge in [0, 0.05) is 18.3 Å². The Morgan fingerprint density at radius 2 is 2.21 bits per heavy atom. The highest BCUT2D eigenvalue weighted by Crippen LogP contribution is 2.50. The minimum atomic E-state index is -0.566. The van der Waals surface area contributed by atoms with Crippen LogP contribution in [0.15, 0.2) is 18.7 Å². The van der Waals surface area contributed by atoms with E-state index in [4.69, 9.17) is 10.5 Å². The summed E-state index contributed by atoms with van der Waals surface area (Å²) >= 11 is 0. The lowest BCUT2D eigenvalue weighted by atomic mass is 10.2. The molecule has 3 rings (SSSR count). The second-order valence-corrected chi connectivity index (χ2v) is 6.41. The Kier molecular flexibility index (Phi) is 4.06. The molecule has 2 fully saturated rings. The number of hydrogen-bond acceptors (Lipinski definition) is 6. The molecular formula is C15H21N5O4. The number of ether oxygens (including phenoxy) is 1. The monoisotopic (exact) mass is 335 g/mol. The number of aliphatic hydroxyl groups excluding tert-OH is 1. The number of fused-ring (bicyclic) bond motifs is 1. The molecule has 0 spiro atoms. The molecule has 0 radical (unpaired) electrons. The van der Waals surface area contributed by atoms with Crippen molar-refractivity contribution in [3.8, 4) is 0 Å². The number of nitrogens with one attached hydrogen (secondary N) is 2. The zero-order chi connectivity index (χ0) is 17.6. The van der Waals surface area contributed by atoms with Crippen LogP contribution in [0, 0.1) is 11.8 Å². The molecule has 0 bridgehead atoms. The van der Waals surface area contributed by atoms with Gasteiger partial charge >= 0.3 is 0 Å². The highest BCUT2D eigenvalue weighted by molar-refractivity contribution is 5.97. The summed E-state index contributed by atoms with van der Waals surface area (Å²) in [6.07, 6.45) is 1.18. The normalized spacial score (nSPS) is 27.7. The van der Waals surface area contributed by atoms with Crippen molar-refractivity contribution >= 4 is 17.6 Å². The largest absolute Gasteiger partial charge is 0.390 e. The molecule has 1 aromatic heterocycles. The fourth-order valence-electron chi connectivity index (χ4n) is 2.72. The maximum Gasteiger partial charge on any atom is 0.279 e. The molecule has 1 aliphatic heterocycles. The number of rotatable bonds is 5. The number of carbonyl (C=O) groups is 2. The average molecular weight is 335 g/mol. The van der Waals surface area contributed by atoms with E-state index < -0.39 is 12.0 Å². The van der Waals surface area contributed by atoms with E-state index in [1.54, 1.807) is 18.4 Å². The molecule has 5 N–H and O–H groups in total. The summed E-state index contributed by atoms with van der Waals surface area (Å²) < 4.78 is 7.23. The predicted octanol–water partition coefficient (Wildman–Crippen LogP) is -0.283. The van der Waals surface area contributed by atoms with Gasteiger partial charge in [-0.25, -0.2) is 4.98 Å². The van der Waals surface area contributed by atoms with E-state index in [9.17, 15) is 14.7 Å². The predicted molar refractivity (Wildman–Crippen MR) is 84.3 cm³/mol. The Bertz CT molecular complexity index is 686. The zero-order valence-electron chi connectivity index (χ0n) is 13.5. The lowest BCUT2D eigenvalue weighted by Crippen LogP contribution is -2.36. The van der Waals surface area contributed by atoms with Gasteiger partial charge in [0.1, 0.15) is 17.9 Å². The van der Waals surface area contributed by atoms with Crippen LogP contribution < -0.4 is 16.4 Å². The minimum absolute atomic E-state index is 0.0275. The summed E-state index contributed by atoms with van der Waals surface area (Å²) in [7, 11) is 0. The maximum atomic E-state index is 12.2. The number of aromatic nitrogens is 2. The molecule has 2 aliphatic rings. The number of carbonyl (C=O) groups excluding carboxylic acids is 2. The van der Waals surface area contributed by atoms with Gasteiger partial charge in [0.2, 0.25) is 5.91 Å². The van der Waals surface area contributed by atoms with Crippen molar-refractivity contribution < 1.29 is 19.4 Å². The van der Waals surface area contributed by atoms with E-state index in [1.165, 1.54) is 6.33 Å². The highest BCUT2D eigenvalue weighted by atomic mass is 16.5. The maximum absolute atomic E-state index is 12.2. The van der Waals surface area contributed by atoms with E-state index in [2.05, 4.69) is 22.2 Å². The minimum Gasteiger partial charge on any atom is -0.390 e. The third kappa shape index (κ3) is 2.87. The molecule has 24 heavy (non-hydrogen) atoms. The van der Waals surface area contributed by atoms with Crippen LogP contribution in [0.25, 0.3) is 0 Å². The van der Waals surface area contributed by atoms with Gasteiger partial charge in [0.15, 0.2) is 5.69 Å². The Morgan fingerprint density at radius 3 is 2.79 bits per heavy atom. The fourth-order valence-corrected chi connectivity index (χ4v) is 2.72. The standard InChI is InChI=1S/C15H21N5O4/c1-6(2)14(22)18-7(3)19-15(23)10-13(16)20(5-17-10)9-4-8-11(21)12(8)24-9/h5-6,8-9,11-12,21H,3-4,16H2,1-2H3,(H,18,22)(H,19,23)/t8?,9-,11-,12+/m1/s1. The molecule has 1 unspecified atom stereocenters. The first kappa shape index (κ1) is 16.5. The highest BCUT2D eigenvalue weighted by Gasteiger charge is 2.58. The number of nitrogen functional groups attached to an aromatic ring is 1. The van der Waals surface area contributed by atoms with Crippen LogP contribution in [0.5, 0.6) is 0 Å². The van der Waals surface area contributed by atoms with Gasteiger partial charge in [-0.1, -0.05) is 20.4 Å². The van der Waals surface area contributed by atoms with Gasteiger partial charge in [-0.3, -0.25) is 14.2 Å². The topological polar surface area (TPSA) is 132 Å². The van der Waals surface area contributed by atoms with Crippen molar-refractivity contribution in [1.82, 2.24) is 20.2 Å². The van der Waals surface area contributed by atoms with Crippen molar-refractivity contribution in [2.75, 3.05) is 5.73 Å². The zero-order valence-corrected chi connectivity index (χ0v) is 13.5. The van der Waals surface area contributed by atoms with Crippen molar-refractivity contribution in [1.29, 1.82) is 0 Å². The third-order valence-corrected chi connectivity index (χ3v) is 4.26. The first-order valence-electron chi connectivity index (χ1n) is 7.76. The van der Waals surface area contributed by atoms with Gasteiger partial charge in [0.05, 0.1) is 18.5 Å². The Morgan fingerprint density at radius 1 is 1.50 bits per heavy atom. The quantitative estimate of drug-likeness (QED) is 0.585. The summed E-state index contributed by atoms with van der Waals surface area (Å²) in [6.45, 7) is 7.05. The molecule has 1 saturated heterocycles. The molecule has 1 aliphatic carbocycles. The van der Waals surface area contributed by atoms with Crippen molar-refractivity contribution in [3.05, 3.63) is 24.4 Å². The van der Waals surface area contributed by atoms with Crippen LogP contribution in [-0.4, -0.2) is 38.7 Å². The van der Waals surface area contributed by atoms with Crippen LogP contribution in [-0.2, 0) is 9.53 Å². The van der Waals surface area contributed by atoms with E-state index in [1.807, 2.05) is 0 Å². The van der Waals surface area contributed by atoms with Crippen LogP contribution >= 0.6 is 0 Å². The second-order valence-electron chi connectivity index (χ2n) is 6.41. The lowest BCUT2D eigenvalue weighted by Gasteiger charge is -2.16. The van der Waals surface area contributed by atoms with E-state index in [-0.39, 0.29) is 47.4 Å². The molecule has 1 aromatic rings. The summed E-state index contributed by atoms with van der Waals surface area (Å²) in [6, 6.07) is 0. The summed E-state index contributed by atoms with van der Waals surface area (Å²) in [5.41, 5.74) is 6.01. The van der Waals surface area contributed by atoms with Gasteiger partial charge in [-0.15, -0.1) is 0 Å². The Hall–Kier alpha value is -2.39. The van der Waals surface area contributed by atoms with E-state index >= 15 is 0 Å². The number of nitrogens with zero attached hydrogens (tertiary/aromatic N) is 2. The molecule has 130 valence electrons. The van der Waals surface area contributed by atoms with Gasteiger partial charge in [-0.2, -0.15) is 0 Å². The van der Waals surface area contributed by atoms with Gasteiger partial charge < -0.3 is 26.2 Å². The molecule has 2 heterocycles. The average Bonchev–Trinajstić information content (AvgIpc) is 2.90. The molecule has 9 heteroatoms. The molecular weight excluding hydrogens is 314 g/mol. The summed E-state index contributed by atoms with van der Waals surface area (Å²) in [5, 5.41) is 14.4. The van der Waals surface area contributed by atoms with Crippen molar-refractivity contribution in [2.45, 2.75) is 38.7 Å². The molecule has 2 amide bonds. The molecule has 4 atom stereocenters.